The molecule has 0 N–H and O–H groups in total. The summed E-state index contributed by atoms with van der Waals surface area (Å²) in [6, 6.07) is 13.6. The van der Waals surface area contributed by atoms with E-state index in [0.717, 1.165) is 35.6 Å². The van der Waals surface area contributed by atoms with Crippen molar-refractivity contribution in [3.05, 3.63) is 59.1 Å². The first-order valence-electron chi connectivity index (χ1n) is 8.22. The van der Waals surface area contributed by atoms with Crippen LogP contribution in [0.25, 0.3) is 10.6 Å². The van der Waals surface area contributed by atoms with Crippen molar-refractivity contribution in [1.82, 2.24) is 10.1 Å². The quantitative estimate of drug-likeness (QED) is 0.697. The van der Waals surface area contributed by atoms with Crippen molar-refractivity contribution in [2.24, 2.45) is 0 Å². The molecule has 1 aliphatic rings. The van der Waals surface area contributed by atoms with Crippen LogP contribution >= 0.6 is 11.3 Å². The Balaban J connectivity index is 1.58. The number of rotatable bonds is 4. The molecule has 1 atom stereocenters. The molecule has 1 fully saturated rings. The number of carbonyl (C=O) groups excluding carboxylic acids is 1. The van der Waals surface area contributed by atoms with E-state index < -0.39 is 0 Å². The first-order chi connectivity index (χ1) is 12.3. The van der Waals surface area contributed by atoms with E-state index in [-0.39, 0.29) is 11.9 Å². The van der Waals surface area contributed by atoms with Crippen molar-refractivity contribution in [1.29, 1.82) is 0 Å². The Kier molecular flexibility index (Phi) is 4.28. The molecule has 3 heterocycles. The van der Waals surface area contributed by atoms with E-state index >= 15 is 0 Å². The molecular formula is C19H18N2O3S. The van der Waals surface area contributed by atoms with Crippen LogP contribution in [0.15, 0.2) is 52.4 Å². The lowest BCUT2D eigenvalue weighted by Gasteiger charge is -2.24. The summed E-state index contributed by atoms with van der Waals surface area (Å²) in [4.78, 5) is 15.8. The van der Waals surface area contributed by atoms with Gasteiger partial charge in [0, 0.05) is 12.6 Å². The Morgan fingerprint density at radius 3 is 3.04 bits per heavy atom. The summed E-state index contributed by atoms with van der Waals surface area (Å²) in [5.74, 6) is 1.35. The van der Waals surface area contributed by atoms with Gasteiger partial charge in [0.15, 0.2) is 11.5 Å². The molecule has 2 aromatic heterocycles. The van der Waals surface area contributed by atoms with Gasteiger partial charge in [0.25, 0.3) is 5.91 Å². The number of aromatic nitrogens is 1. The number of hydrogen-bond acceptors (Lipinski definition) is 5. The summed E-state index contributed by atoms with van der Waals surface area (Å²) in [6.07, 6.45) is 1.91. The van der Waals surface area contributed by atoms with Gasteiger partial charge in [0.1, 0.15) is 5.75 Å². The van der Waals surface area contributed by atoms with E-state index in [4.69, 9.17) is 9.26 Å². The lowest BCUT2D eigenvalue weighted by Crippen LogP contribution is -2.30. The van der Waals surface area contributed by atoms with Gasteiger partial charge in [-0.1, -0.05) is 23.4 Å². The van der Waals surface area contributed by atoms with E-state index in [1.807, 2.05) is 46.7 Å². The molecule has 1 aromatic carbocycles. The fraction of sp³-hybridized carbons (Fsp3) is 0.263. The van der Waals surface area contributed by atoms with E-state index in [1.165, 1.54) is 0 Å². The van der Waals surface area contributed by atoms with E-state index in [2.05, 4.69) is 5.16 Å². The maximum Gasteiger partial charge on any atom is 0.276 e. The molecule has 1 saturated heterocycles. The molecule has 25 heavy (non-hydrogen) atoms. The second-order valence-corrected chi connectivity index (χ2v) is 6.93. The number of thiophene rings is 1. The number of nitrogens with zero attached hydrogens (tertiary/aromatic N) is 2. The Bertz CT molecular complexity index is 872. The van der Waals surface area contributed by atoms with Gasteiger partial charge in [-0.2, -0.15) is 0 Å². The second kappa shape index (κ2) is 6.72. The molecule has 1 unspecified atom stereocenters. The van der Waals surface area contributed by atoms with Crippen LogP contribution in [-0.2, 0) is 0 Å². The zero-order valence-electron chi connectivity index (χ0n) is 13.8. The highest BCUT2D eigenvalue weighted by atomic mass is 32.1. The number of likely N-dealkylation sites (tertiary alicyclic amines) is 1. The Morgan fingerprint density at radius 2 is 2.24 bits per heavy atom. The number of amides is 1. The van der Waals surface area contributed by atoms with E-state index in [0.29, 0.717) is 11.5 Å². The van der Waals surface area contributed by atoms with Gasteiger partial charge in [0.05, 0.1) is 18.0 Å². The first kappa shape index (κ1) is 15.9. The van der Waals surface area contributed by atoms with Gasteiger partial charge in [-0.25, -0.2) is 0 Å². The molecule has 6 heteroatoms. The van der Waals surface area contributed by atoms with Gasteiger partial charge < -0.3 is 14.2 Å². The number of carbonyl (C=O) groups is 1. The zero-order chi connectivity index (χ0) is 17.2. The lowest BCUT2D eigenvalue weighted by molar-refractivity contribution is 0.0725. The lowest BCUT2D eigenvalue weighted by atomic mass is 10.0. The third-order valence-corrected chi connectivity index (χ3v) is 5.37. The predicted molar refractivity (Wildman–Crippen MR) is 95.8 cm³/mol. The Hall–Kier alpha value is -2.60. The fourth-order valence-electron chi connectivity index (χ4n) is 3.26. The largest absolute Gasteiger partial charge is 0.497 e. The smallest absolute Gasteiger partial charge is 0.276 e. The zero-order valence-corrected chi connectivity index (χ0v) is 14.7. The highest BCUT2D eigenvalue weighted by Crippen LogP contribution is 2.35. The SMILES string of the molecule is COc1cccc(C2CCCN2C(=O)c2cc(-c3cccs3)on2)c1. The molecule has 0 radical (unpaired) electrons. The molecule has 5 nitrogen and oxygen atoms in total. The maximum absolute atomic E-state index is 12.9. The highest BCUT2D eigenvalue weighted by molar-refractivity contribution is 7.13. The molecule has 0 spiro atoms. The van der Waals surface area contributed by atoms with Crippen LogP contribution in [0.2, 0.25) is 0 Å². The average molecular weight is 354 g/mol. The third kappa shape index (κ3) is 3.05. The van der Waals surface area contributed by atoms with Gasteiger partial charge in [0.2, 0.25) is 0 Å². The van der Waals surface area contributed by atoms with E-state index in [1.54, 1.807) is 24.5 Å². The van der Waals surface area contributed by atoms with Crippen molar-refractivity contribution in [3.8, 4) is 16.4 Å². The summed E-state index contributed by atoms with van der Waals surface area (Å²) in [5.41, 5.74) is 1.45. The van der Waals surface area contributed by atoms with E-state index in [9.17, 15) is 4.79 Å². The molecule has 128 valence electrons. The van der Waals surface area contributed by atoms with Crippen LogP contribution in [0.3, 0.4) is 0 Å². The number of ether oxygens (including phenoxy) is 1. The highest BCUT2D eigenvalue weighted by Gasteiger charge is 2.32. The third-order valence-electron chi connectivity index (χ3n) is 4.49. The minimum Gasteiger partial charge on any atom is -0.497 e. The Morgan fingerprint density at radius 1 is 1.32 bits per heavy atom. The molecule has 1 amide bonds. The normalized spacial score (nSPS) is 17.0. The van der Waals surface area contributed by atoms with Gasteiger partial charge in [-0.3, -0.25) is 4.79 Å². The van der Waals surface area contributed by atoms with Crippen LogP contribution < -0.4 is 4.74 Å². The molecule has 1 aliphatic heterocycles. The second-order valence-electron chi connectivity index (χ2n) is 5.99. The summed E-state index contributed by atoms with van der Waals surface area (Å²) in [7, 11) is 1.65. The van der Waals surface area contributed by atoms with Crippen molar-refractivity contribution in [3.63, 3.8) is 0 Å². The molecule has 0 saturated carbocycles. The van der Waals surface area contributed by atoms with Crippen LogP contribution in [0.1, 0.15) is 34.9 Å². The minimum absolute atomic E-state index is 0.0458. The topological polar surface area (TPSA) is 55.6 Å². The average Bonchev–Trinajstić information content (AvgIpc) is 3.41. The first-order valence-corrected chi connectivity index (χ1v) is 9.10. The standard InChI is InChI=1S/C19H18N2O3S/c1-23-14-6-2-5-13(11-14)16-7-3-9-21(16)19(22)15-12-17(24-20-15)18-8-4-10-25-18/h2,4-6,8,10-12,16H,3,7,9H2,1H3. The minimum atomic E-state index is -0.0862. The van der Waals surface area contributed by atoms with Crippen LogP contribution in [0, 0.1) is 0 Å². The van der Waals surface area contributed by atoms with Gasteiger partial charge in [-0.15, -0.1) is 11.3 Å². The predicted octanol–water partition coefficient (Wildman–Crippen LogP) is 4.39. The van der Waals surface area contributed by atoms with Gasteiger partial charge in [-0.05, 0) is 42.0 Å². The molecule has 4 rings (SSSR count). The molecule has 3 aromatic rings. The van der Waals surface area contributed by atoms with Crippen molar-refractivity contribution in [2.45, 2.75) is 18.9 Å². The van der Waals surface area contributed by atoms with Crippen LogP contribution in [0.5, 0.6) is 5.75 Å². The number of methoxy groups -OCH3 is 1. The summed E-state index contributed by atoms with van der Waals surface area (Å²) >= 11 is 1.56. The monoisotopic (exact) mass is 354 g/mol. The molecule has 0 bridgehead atoms. The number of benzene rings is 1. The van der Waals surface area contributed by atoms with Crippen molar-refractivity contribution in [2.75, 3.05) is 13.7 Å². The van der Waals surface area contributed by atoms with Crippen molar-refractivity contribution < 1.29 is 14.1 Å². The van der Waals surface area contributed by atoms with Crippen molar-refractivity contribution >= 4 is 17.2 Å². The maximum atomic E-state index is 12.9. The molecule has 0 aliphatic carbocycles. The van der Waals surface area contributed by atoms with Crippen LogP contribution in [-0.4, -0.2) is 29.6 Å². The van der Waals surface area contributed by atoms with Crippen LogP contribution in [0.4, 0.5) is 0 Å². The summed E-state index contributed by atoms with van der Waals surface area (Å²) in [5, 5.41) is 5.97. The Labute approximate surface area is 149 Å². The summed E-state index contributed by atoms with van der Waals surface area (Å²) in [6.45, 7) is 0.724. The van der Waals surface area contributed by atoms with Gasteiger partial charge >= 0.3 is 0 Å². The molecular weight excluding hydrogens is 336 g/mol. The number of hydrogen-bond donors (Lipinski definition) is 0. The summed E-state index contributed by atoms with van der Waals surface area (Å²) < 4.78 is 10.7. The fourth-order valence-corrected chi connectivity index (χ4v) is 3.94.